The van der Waals surface area contributed by atoms with Crippen molar-refractivity contribution in [3.05, 3.63) is 56.7 Å². The second kappa shape index (κ2) is 6.82. The molecule has 2 aromatic rings. The van der Waals surface area contributed by atoms with Gasteiger partial charge in [-0.2, -0.15) is 0 Å². The van der Waals surface area contributed by atoms with Crippen molar-refractivity contribution in [2.75, 3.05) is 13.1 Å². The van der Waals surface area contributed by atoms with Crippen LogP contribution < -0.4 is 0 Å². The molecule has 0 unspecified atom stereocenters. The van der Waals surface area contributed by atoms with Gasteiger partial charge in [-0.3, -0.25) is 4.79 Å². The zero-order valence-electron chi connectivity index (χ0n) is 12.2. The summed E-state index contributed by atoms with van der Waals surface area (Å²) in [4.78, 5) is 15.0. The summed E-state index contributed by atoms with van der Waals surface area (Å²) in [7, 11) is 0. The minimum atomic E-state index is 0.0717. The van der Waals surface area contributed by atoms with Gasteiger partial charge in [0.25, 0.3) is 5.91 Å². The SMILES string of the molecule is O=C(c1ccc(Cl)s1)N1CC[C@H](Cc2cccc(CO)c2)C1. The van der Waals surface area contributed by atoms with E-state index in [2.05, 4.69) is 6.07 Å². The smallest absolute Gasteiger partial charge is 0.263 e. The number of carbonyl (C=O) groups excluding carboxylic acids is 1. The van der Waals surface area contributed by atoms with E-state index >= 15 is 0 Å². The highest BCUT2D eigenvalue weighted by Gasteiger charge is 2.27. The summed E-state index contributed by atoms with van der Waals surface area (Å²) in [5.74, 6) is 0.567. The van der Waals surface area contributed by atoms with Gasteiger partial charge in [0.05, 0.1) is 15.8 Å². The van der Waals surface area contributed by atoms with Crippen LogP contribution >= 0.6 is 22.9 Å². The van der Waals surface area contributed by atoms with E-state index in [9.17, 15) is 9.90 Å². The van der Waals surface area contributed by atoms with Gasteiger partial charge < -0.3 is 10.0 Å². The molecule has 22 heavy (non-hydrogen) atoms. The van der Waals surface area contributed by atoms with Crippen LogP contribution in [0.3, 0.4) is 0 Å². The zero-order chi connectivity index (χ0) is 15.5. The van der Waals surface area contributed by atoms with Crippen LogP contribution in [0.1, 0.15) is 27.2 Å². The Morgan fingerprint density at radius 3 is 2.86 bits per heavy atom. The molecule has 1 aliphatic heterocycles. The molecular formula is C17H18ClNO2S. The van der Waals surface area contributed by atoms with E-state index in [1.165, 1.54) is 16.9 Å². The summed E-state index contributed by atoms with van der Waals surface area (Å²) in [5.41, 5.74) is 2.17. The molecule has 1 amide bonds. The van der Waals surface area contributed by atoms with Crippen LogP contribution in [0.15, 0.2) is 36.4 Å². The first kappa shape index (κ1) is 15.5. The molecule has 1 saturated heterocycles. The molecule has 1 atom stereocenters. The number of likely N-dealkylation sites (tertiary alicyclic amines) is 1. The standard InChI is InChI=1S/C17H18ClNO2S/c18-16-5-4-15(22-16)17(21)19-7-6-13(10-19)8-12-2-1-3-14(9-12)11-20/h1-5,9,13,20H,6-8,10-11H2/t13-/m1/s1. The van der Waals surface area contributed by atoms with Crippen molar-refractivity contribution in [2.45, 2.75) is 19.4 Å². The predicted molar refractivity (Wildman–Crippen MR) is 89.4 cm³/mol. The Labute approximate surface area is 139 Å². The van der Waals surface area contributed by atoms with E-state index in [1.54, 1.807) is 12.1 Å². The number of carbonyl (C=O) groups is 1. The molecule has 116 valence electrons. The monoisotopic (exact) mass is 335 g/mol. The number of nitrogens with zero attached hydrogens (tertiary/aromatic N) is 1. The second-order valence-electron chi connectivity index (χ2n) is 5.69. The topological polar surface area (TPSA) is 40.5 Å². The Hall–Kier alpha value is -1.36. The lowest BCUT2D eigenvalue weighted by Gasteiger charge is -2.15. The molecule has 0 bridgehead atoms. The van der Waals surface area contributed by atoms with Gasteiger partial charge in [-0.25, -0.2) is 0 Å². The summed E-state index contributed by atoms with van der Waals surface area (Å²) in [6, 6.07) is 11.6. The van der Waals surface area contributed by atoms with Crippen LogP contribution in [-0.2, 0) is 13.0 Å². The number of thiophene rings is 1. The fourth-order valence-corrected chi connectivity index (χ4v) is 3.97. The van der Waals surface area contributed by atoms with Crippen molar-refractivity contribution >= 4 is 28.8 Å². The van der Waals surface area contributed by atoms with Crippen LogP contribution in [0.25, 0.3) is 0 Å². The van der Waals surface area contributed by atoms with E-state index in [0.717, 1.165) is 31.5 Å². The highest BCUT2D eigenvalue weighted by molar-refractivity contribution is 7.17. The third-order valence-electron chi connectivity index (χ3n) is 4.06. The Balaban J connectivity index is 1.61. The van der Waals surface area contributed by atoms with Gasteiger partial charge in [0.15, 0.2) is 0 Å². The number of hydrogen-bond acceptors (Lipinski definition) is 3. The van der Waals surface area contributed by atoms with Gasteiger partial charge in [0, 0.05) is 13.1 Å². The van der Waals surface area contributed by atoms with E-state index in [1.807, 2.05) is 23.1 Å². The van der Waals surface area contributed by atoms with Crippen LogP contribution in [0.4, 0.5) is 0 Å². The minimum absolute atomic E-state index is 0.0717. The summed E-state index contributed by atoms with van der Waals surface area (Å²) >= 11 is 7.24. The maximum Gasteiger partial charge on any atom is 0.263 e. The van der Waals surface area contributed by atoms with Crippen LogP contribution in [0.2, 0.25) is 4.34 Å². The Kier molecular flexibility index (Phi) is 4.81. The van der Waals surface area contributed by atoms with Crippen molar-refractivity contribution in [1.82, 2.24) is 4.90 Å². The molecule has 1 aromatic heterocycles. The number of aliphatic hydroxyl groups excluding tert-OH is 1. The molecule has 3 rings (SSSR count). The third-order valence-corrected chi connectivity index (χ3v) is 5.27. The predicted octanol–water partition coefficient (Wildman–Crippen LogP) is 3.60. The van der Waals surface area contributed by atoms with E-state index in [4.69, 9.17) is 11.6 Å². The average Bonchev–Trinajstić information content (AvgIpc) is 3.16. The van der Waals surface area contributed by atoms with Crippen molar-refractivity contribution in [3.8, 4) is 0 Å². The molecule has 0 radical (unpaired) electrons. The molecule has 0 spiro atoms. The fourth-order valence-electron chi connectivity index (χ4n) is 2.96. The summed E-state index contributed by atoms with van der Waals surface area (Å²) in [5, 5.41) is 9.20. The lowest BCUT2D eigenvalue weighted by atomic mass is 9.97. The molecule has 1 aromatic carbocycles. The molecule has 3 nitrogen and oxygen atoms in total. The number of benzene rings is 1. The molecule has 2 heterocycles. The molecule has 0 saturated carbocycles. The van der Waals surface area contributed by atoms with E-state index < -0.39 is 0 Å². The molecule has 5 heteroatoms. The maximum absolute atomic E-state index is 12.4. The number of hydrogen-bond donors (Lipinski definition) is 1. The molecule has 1 aliphatic rings. The van der Waals surface area contributed by atoms with Gasteiger partial charge in [0.1, 0.15) is 0 Å². The Morgan fingerprint density at radius 1 is 1.32 bits per heavy atom. The second-order valence-corrected chi connectivity index (χ2v) is 7.41. The van der Waals surface area contributed by atoms with Crippen molar-refractivity contribution in [3.63, 3.8) is 0 Å². The number of aliphatic hydroxyl groups is 1. The fraction of sp³-hybridized carbons (Fsp3) is 0.353. The van der Waals surface area contributed by atoms with Gasteiger partial charge in [-0.1, -0.05) is 35.9 Å². The first-order chi connectivity index (χ1) is 10.7. The first-order valence-corrected chi connectivity index (χ1v) is 8.58. The zero-order valence-corrected chi connectivity index (χ0v) is 13.7. The lowest BCUT2D eigenvalue weighted by molar-refractivity contribution is 0.0792. The van der Waals surface area contributed by atoms with Crippen molar-refractivity contribution in [1.29, 1.82) is 0 Å². The van der Waals surface area contributed by atoms with Crippen molar-refractivity contribution in [2.24, 2.45) is 5.92 Å². The molecule has 1 N–H and O–H groups in total. The highest BCUT2D eigenvalue weighted by atomic mass is 35.5. The highest BCUT2D eigenvalue weighted by Crippen LogP contribution is 2.27. The summed E-state index contributed by atoms with van der Waals surface area (Å²) in [6.07, 6.45) is 1.97. The molecular weight excluding hydrogens is 318 g/mol. The van der Waals surface area contributed by atoms with E-state index in [0.29, 0.717) is 15.1 Å². The largest absolute Gasteiger partial charge is 0.392 e. The lowest BCUT2D eigenvalue weighted by Crippen LogP contribution is -2.28. The van der Waals surface area contributed by atoms with Crippen molar-refractivity contribution < 1.29 is 9.90 Å². The maximum atomic E-state index is 12.4. The number of rotatable bonds is 4. The van der Waals surface area contributed by atoms with E-state index in [-0.39, 0.29) is 12.5 Å². The van der Waals surface area contributed by atoms with Gasteiger partial charge >= 0.3 is 0 Å². The van der Waals surface area contributed by atoms with Gasteiger partial charge in [-0.15, -0.1) is 11.3 Å². The summed E-state index contributed by atoms with van der Waals surface area (Å²) in [6.45, 7) is 1.67. The molecule has 1 fully saturated rings. The summed E-state index contributed by atoms with van der Waals surface area (Å²) < 4.78 is 0.653. The first-order valence-electron chi connectivity index (χ1n) is 7.39. The third kappa shape index (κ3) is 3.51. The normalized spacial score (nSPS) is 17.9. The average molecular weight is 336 g/mol. The van der Waals surface area contributed by atoms with Gasteiger partial charge in [-0.05, 0) is 42.0 Å². The Bertz CT molecular complexity index is 670. The molecule has 0 aliphatic carbocycles. The minimum Gasteiger partial charge on any atom is -0.392 e. The quantitative estimate of drug-likeness (QED) is 0.927. The number of amides is 1. The Morgan fingerprint density at radius 2 is 2.14 bits per heavy atom. The van der Waals surface area contributed by atoms with Crippen LogP contribution in [-0.4, -0.2) is 29.0 Å². The van der Waals surface area contributed by atoms with Crippen LogP contribution in [0.5, 0.6) is 0 Å². The van der Waals surface area contributed by atoms with Crippen LogP contribution in [0, 0.1) is 5.92 Å². The van der Waals surface area contributed by atoms with Gasteiger partial charge in [0.2, 0.25) is 0 Å². The number of halogens is 1.